The number of pyridine rings is 1. The van der Waals surface area contributed by atoms with E-state index < -0.39 is 0 Å². The highest BCUT2D eigenvalue weighted by atomic mass is 16.6. The third kappa shape index (κ3) is 4.98. The summed E-state index contributed by atoms with van der Waals surface area (Å²) in [6, 6.07) is 17.9. The average molecular weight is 446 g/mol. The summed E-state index contributed by atoms with van der Waals surface area (Å²) in [6.07, 6.45) is 2.66. The van der Waals surface area contributed by atoms with Crippen molar-refractivity contribution in [3.8, 4) is 0 Å². The summed E-state index contributed by atoms with van der Waals surface area (Å²) in [6.45, 7) is 2.79. The second-order valence-electron chi connectivity index (χ2n) is 8.70. The van der Waals surface area contributed by atoms with E-state index >= 15 is 0 Å². The average Bonchev–Trinajstić information content (AvgIpc) is 2.82. The number of carbonyl (C=O) groups excluding carboxylic acids is 2. The molecule has 3 heterocycles. The highest BCUT2D eigenvalue weighted by molar-refractivity contribution is 5.94. The number of benzene rings is 2. The number of carbonyl (C=O) groups is 2. The maximum atomic E-state index is 12.8. The Bertz CT molecular complexity index is 1140. The van der Waals surface area contributed by atoms with Gasteiger partial charge in [0.2, 0.25) is 5.91 Å². The quantitative estimate of drug-likeness (QED) is 0.632. The van der Waals surface area contributed by atoms with E-state index in [0.717, 1.165) is 29.5 Å². The van der Waals surface area contributed by atoms with Crippen molar-refractivity contribution in [3.05, 3.63) is 71.9 Å². The number of hydrogen-bond donors (Lipinski definition) is 1. The number of amides is 2. The zero-order chi connectivity index (χ0) is 22.6. The van der Waals surface area contributed by atoms with E-state index in [4.69, 9.17) is 9.47 Å². The fourth-order valence-electron chi connectivity index (χ4n) is 4.27. The standard InChI is InChI=1S/C26H27N3O4/c30-25(19-8-10-29(11-9-19)26(31)33-15-18-4-2-1-3-5-18)28-24-13-22-12-20(23-16-32-17-23)6-7-21(22)14-27-24/h1-7,12-14,19,23H,8-11,15-17H2,(H,27,28,30). The maximum absolute atomic E-state index is 12.8. The Kier molecular flexibility index (Phi) is 6.21. The molecule has 0 atom stereocenters. The molecule has 0 unspecified atom stereocenters. The summed E-state index contributed by atoms with van der Waals surface area (Å²) in [7, 11) is 0. The highest BCUT2D eigenvalue weighted by Crippen LogP contribution is 2.28. The van der Waals surface area contributed by atoms with Crippen LogP contribution in [0.4, 0.5) is 10.6 Å². The summed E-state index contributed by atoms with van der Waals surface area (Å²) in [5, 5.41) is 5.06. The normalized spacial score (nSPS) is 16.9. The predicted molar refractivity (Wildman–Crippen MR) is 125 cm³/mol. The molecule has 2 aliphatic rings. The lowest BCUT2D eigenvalue weighted by Gasteiger charge is -2.30. The number of rotatable bonds is 5. The van der Waals surface area contributed by atoms with E-state index in [1.54, 1.807) is 11.1 Å². The van der Waals surface area contributed by atoms with Gasteiger partial charge in [0, 0.05) is 36.5 Å². The number of piperidine rings is 1. The SMILES string of the molecule is O=C(Nc1cc2cc(C3COC3)ccc2cn1)C1CCN(C(=O)OCc2ccccc2)CC1. The van der Waals surface area contributed by atoms with E-state index in [-0.39, 0.29) is 24.5 Å². The van der Waals surface area contributed by atoms with Crippen LogP contribution >= 0.6 is 0 Å². The summed E-state index contributed by atoms with van der Waals surface area (Å²) in [4.78, 5) is 31.2. The van der Waals surface area contributed by atoms with Crippen molar-refractivity contribution in [2.45, 2.75) is 25.4 Å². The molecule has 1 aromatic heterocycles. The smallest absolute Gasteiger partial charge is 0.410 e. The van der Waals surface area contributed by atoms with Gasteiger partial charge in [0.1, 0.15) is 12.4 Å². The Labute approximate surface area is 192 Å². The Hall–Kier alpha value is -3.45. The third-order valence-electron chi connectivity index (χ3n) is 6.44. The van der Waals surface area contributed by atoms with Gasteiger partial charge in [-0.05, 0) is 35.4 Å². The van der Waals surface area contributed by atoms with Gasteiger partial charge in [0.05, 0.1) is 13.2 Å². The molecule has 1 N–H and O–H groups in total. The van der Waals surface area contributed by atoms with Gasteiger partial charge in [0.25, 0.3) is 0 Å². The topological polar surface area (TPSA) is 80.8 Å². The molecule has 5 rings (SSSR count). The van der Waals surface area contributed by atoms with Crippen LogP contribution in [0.25, 0.3) is 10.8 Å². The predicted octanol–water partition coefficient (Wildman–Crippen LogP) is 4.34. The first-order chi connectivity index (χ1) is 16.2. The number of aromatic nitrogens is 1. The van der Waals surface area contributed by atoms with Gasteiger partial charge < -0.3 is 19.7 Å². The zero-order valence-corrected chi connectivity index (χ0v) is 18.4. The number of ether oxygens (including phenoxy) is 2. The molecule has 2 fully saturated rings. The molecule has 7 nitrogen and oxygen atoms in total. The molecule has 0 aliphatic carbocycles. The van der Waals surface area contributed by atoms with E-state index in [9.17, 15) is 9.59 Å². The molecule has 0 bridgehead atoms. The van der Waals surface area contributed by atoms with E-state index in [1.807, 2.05) is 36.4 Å². The van der Waals surface area contributed by atoms with Crippen LogP contribution in [-0.4, -0.2) is 48.2 Å². The van der Waals surface area contributed by atoms with Crippen LogP contribution in [0, 0.1) is 5.92 Å². The second kappa shape index (κ2) is 9.58. The molecule has 2 aromatic carbocycles. The number of nitrogens with zero attached hydrogens (tertiary/aromatic N) is 2. The zero-order valence-electron chi connectivity index (χ0n) is 18.4. The molecule has 170 valence electrons. The molecule has 33 heavy (non-hydrogen) atoms. The number of anilines is 1. The van der Waals surface area contributed by atoms with Crippen molar-refractivity contribution in [2.24, 2.45) is 5.92 Å². The molecular weight excluding hydrogens is 418 g/mol. The Balaban J connectivity index is 1.14. The Morgan fingerprint density at radius 1 is 1.03 bits per heavy atom. The number of fused-ring (bicyclic) bond motifs is 1. The van der Waals surface area contributed by atoms with Crippen LogP contribution in [-0.2, 0) is 20.9 Å². The lowest BCUT2D eigenvalue weighted by molar-refractivity contribution is -0.121. The second-order valence-corrected chi connectivity index (χ2v) is 8.70. The molecule has 2 amide bonds. The molecule has 0 spiro atoms. The van der Waals surface area contributed by atoms with Gasteiger partial charge in [0.15, 0.2) is 0 Å². The maximum Gasteiger partial charge on any atom is 0.410 e. The molecule has 0 saturated carbocycles. The summed E-state index contributed by atoms with van der Waals surface area (Å²) >= 11 is 0. The Morgan fingerprint density at radius 3 is 2.55 bits per heavy atom. The van der Waals surface area contributed by atoms with Crippen LogP contribution in [0.5, 0.6) is 0 Å². The van der Waals surface area contributed by atoms with Crippen LogP contribution in [0.2, 0.25) is 0 Å². The Morgan fingerprint density at radius 2 is 1.82 bits per heavy atom. The van der Waals surface area contributed by atoms with Crippen molar-refractivity contribution in [1.29, 1.82) is 0 Å². The van der Waals surface area contributed by atoms with Gasteiger partial charge in [-0.15, -0.1) is 0 Å². The first kappa shape index (κ1) is 21.4. The van der Waals surface area contributed by atoms with Crippen LogP contribution < -0.4 is 5.32 Å². The molecule has 2 aliphatic heterocycles. The first-order valence-corrected chi connectivity index (χ1v) is 11.4. The number of nitrogens with one attached hydrogen (secondary N) is 1. The lowest BCUT2D eigenvalue weighted by atomic mass is 9.95. The van der Waals surface area contributed by atoms with E-state index in [1.165, 1.54) is 5.56 Å². The van der Waals surface area contributed by atoms with Crippen molar-refractivity contribution >= 4 is 28.6 Å². The fraction of sp³-hybridized carbons (Fsp3) is 0.346. The van der Waals surface area contributed by atoms with Crippen molar-refractivity contribution in [1.82, 2.24) is 9.88 Å². The van der Waals surface area contributed by atoms with Crippen LogP contribution in [0.15, 0.2) is 60.8 Å². The largest absolute Gasteiger partial charge is 0.445 e. The van der Waals surface area contributed by atoms with Gasteiger partial charge >= 0.3 is 6.09 Å². The highest BCUT2D eigenvalue weighted by Gasteiger charge is 2.28. The van der Waals surface area contributed by atoms with Crippen LogP contribution in [0.3, 0.4) is 0 Å². The minimum Gasteiger partial charge on any atom is -0.445 e. The van der Waals surface area contributed by atoms with E-state index in [0.29, 0.717) is 37.7 Å². The summed E-state index contributed by atoms with van der Waals surface area (Å²) in [5.41, 5.74) is 2.21. The van der Waals surface area contributed by atoms with Gasteiger partial charge in [-0.2, -0.15) is 0 Å². The van der Waals surface area contributed by atoms with Crippen LogP contribution in [0.1, 0.15) is 29.9 Å². The number of likely N-dealkylation sites (tertiary alicyclic amines) is 1. The van der Waals surface area contributed by atoms with Crippen molar-refractivity contribution in [2.75, 3.05) is 31.6 Å². The van der Waals surface area contributed by atoms with Gasteiger partial charge in [-0.3, -0.25) is 4.79 Å². The monoisotopic (exact) mass is 445 g/mol. The molecule has 2 saturated heterocycles. The van der Waals surface area contributed by atoms with Gasteiger partial charge in [-0.1, -0.05) is 48.5 Å². The van der Waals surface area contributed by atoms with E-state index in [2.05, 4.69) is 28.5 Å². The lowest BCUT2D eigenvalue weighted by Crippen LogP contribution is -2.41. The number of hydrogen-bond acceptors (Lipinski definition) is 5. The first-order valence-electron chi connectivity index (χ1n) is 11.4. The van der Waals surface area contributed by atoms with Gasteiger partial charge in [-0.25, -0.2) is 9.78 Å². The minimum absolute atomic E-state index is 0.0531. The molecule has 3 aromatic rings. The molecule has 7 heteroatoms. The molecule has 0 radical (unpaired) electrons. The third-order valence-corrected chi connectivity index (χ3v) is 6.44. The molecular formula is C26H27N3O4. The minimum atomic E-state index is -0.332. The van der Waals surface area contributed by atoms with Crippen molar-refractivity contribution < 1.29 is 19.1 Å². The fourth-order valence-corrected chi connectivity index (χ4v) is 4.27. The summed E-state index contributed by atoms with van der Waals surface area (Å²) < 4.78 is 10.7. The van der Waals surface area contributed by atoms with Crippen molar-refractivity contribution in [3.63, 3.8) is 0 Å². The summed E-state index contributed by atoms with van der Waals surface area (Å²) in [5.74, 6) is 0.797.